The molecular weight excluding hydrogens is 176 g/mol. The first-order valence-electron chi connectivity index (χ1n) is 5.20. The summed E-state index contributed by atoms with van der Waals surface area (Å²) in [7, 11) is 3.85. The molecule has 0 aromatic heterocycles. The molecule has 0 aromatic rings. The fourth-order valence-electron chi connectivity index (χ4n) is 1.91. The number of carbonyl (C=O) groups excluding carboxylic acids is 1. The van der Waals surface area contributed by atoms with Gasteiger partial charge < -0.3 is 9.80 Å². The Hall–Kier alpha value is -0.830. The Morgan fingerprint density at radius 1 is 1.50 bits per heavy atom. The minimum atomic E-state index is 0.226. The maximum Gasteiger partial charge on any atom is 0.240 e. The zero-order valence-electron chi connectivity index (χ0n) is 9.63. The first kappa shape index (κ1) is 11.2. The van der Waals surface area contributed by atoms with Crippen LogP contribution in [0.5, 0.6) is 0 Å². The molecule has 0 N–H and O–H groups in total. The first-order valence-corrected chi connectivity index (χ1v) is 5.20. The van der Waals surface area contributed by atoms with Crippen molar-refractivity contribution in [3.8, 4) is 0 Å². The standard InChI is InChI=1S/C11H20N2O/c1-5-10-9(2)6-7-13(10)11(14)8-12(3)4/h5-8H2,1-4H3. The Morgan fingerprint density at radius 3 is 2.64 bits per heavy atom. The molecule has 0 saturated heterocycles. The SMILES string of the molecule is CCC1=C(C)CCN1C(=O)CN(C)C. The van der Waals surface area contributed by atoms with Crippen molar-refractivity contribution in [3.05, 3.63) is 11.3 Å². The number of nitrogens with zero attached hydrogens (tertiary/aromatic N) is 2. The summed E-state index contributed by atoms with van der Waals surface area (Å²) >= 11 is 0. The van der Waals surface area contributed by atoms with E-state index in [0.29, 0.717) is 6.54 Å². The Kier molecular flexibility index (Phi) is 3.69. The lowest BCUT2D eigenvalue weighted by Gasteiger charge is -2.21. The van der Waals surface area contributed by atoms with E-state index in [1.807, 2.05) is 23.9 Å². The molecule has 0 bridgehead atoms. The van der Waals surface area contributed by atoms with Crippen molar-refractivity contribution in [3.63, 3.8) is 0 Å². The molecule has 0 aromatic carbocycles. The highest BCUT2D eigenvalue weighted by atomic mass is 16.2. The molecule has 14 heavy (non-hydrogen) atoms. The molecule has 0 radical (unpaired) electrons. The van der Waals surface area contributed by atoms with E-state index in [0.717, 1.165) is 19.4 Å². The molecule has 1 aliphatic rings. The highest BCUT2D eigenvalue weighted by Gasteiger charge is 2.23. The number of carbonyl (C=O) groups is 1. The minimum absolute atomic E-state index is 0.226. The van der Waals surface area contributed by atoms with Crippen molar-refractivity contribution in [2.75, 3.05) is 27.2 Å². The van der Waals surface area contributed by atoms with Gasteiger partial charge in [-0.25, -0.2) is 0 Å². The molecule has 0 unspecified atom stereocenters. The molecule has 0 fully saturated rings. The van der Waals surface area contributed by atoms with E-state index in [9.17, 15) is 4.79 Å². The summed E-state index contributed by atoms with van der Waals surface area (Å²) in [6, 6.07) is 0. The van der Waals surface area contributed by atoms with E-state index in [-0.39, 0.29) is 5.91 Å². The van der Waals surface area contributed by atoms with Crippen molar-refractivity contribution < 1.29 is 4.79 Å². The van der Waals surface area contributed by atoms with Gasteiger partial charge in [0.1, 0.15) is 0 Å². The third kappa shape index (κ3) is 2.35. The zero-order chi connectivity index (χ0) is 10.7. The van der Waals surface area contributed by atoms with Crippen LogP contribution in [0, 0.1) is 0 Å². The van der Waals surface area contributed by atoms with Crippen LogP contribution in [0.3, 0.4) is 0 Å². The van der Waals surface area contributed by atoms with Gasteiger partial charge in [0.15, 0.2) is 0 Å². The van der Waals surface area contributed by atoms with Crippen molar-refractivity contribution in [1.82, 2.24) is 9.80 Å². The topological polar surface area (TPSA) is 23.6 Å². The van der Waals surface area contributed by atoms with Crippen LogP contribution in [0.4, 0.5) is 0 Å². The van der Waals surface area contributed by atoms with Crippen LogP contribution in [0.25, 0.3) is 0 Å². The normalized spacial score (nSPS) is 17.1. The molecule has 80 valence electrons. The van der Waals surface area contributed by atoms with Gasteiger partial charge in [-0.1, -0.05) is 12.5 Å². The van der Waals surface area contributed by atoms with Gasteiger partial charge in [0.2, 0.25) is 5.91 Å². The molecule has 1 heterocycles. The van der Waals surface area contributed by atoms with Gasteiger partial charge in [0.25, 0.3) is 0 Å². The van der Waals surface area contributed by atoms with Crippen LogP contribution in [0.2, 0.25) is 0 Å². The molecule has 3 heteroatoms. The fourth-order valence-corrected chi connectivity index (χ4v) is 1.91. The first-order chi connectivity index (χ1) is 6.56. The summed E-state index contributed by atoms with van der Waals surface area (Å²) in [6.45, 7) is 5.63. The van der Waals surface area contributed by atoms with Gasteiger partial charge in [-0.15, -0.1) is 0 Å². The second kappa shape index (κ2) is 4.60. The van der Waals surface area contributed by atoms with Crippen LogP contribution in [-0.2, 0) is 4.79 Å². The highest BCUT2D eigenvalue weighted by molar-refractivity contribution is 5.80. The molecule has 1 amide bonds. The maximum absolute atomic E-state index is 11.8. The Balaban J connectivity index is 2.66. The van der Waals surface area contributed by atoms with Crippen LogP contribution in [0.1, 0.15) is 26.7 Å². The lowest BCUT2D eigenvalue weighted by atomic mass is 10.2. The molecule has 0 atom stereocenters. The maximum atomic E-state index is 11.8. The van der Waals surface area contributed by atoms with Gasteiger partial charge in [0.05, 0.1) is 6.54 Å². The zero-order valence-corrected chi connectivity index (χ0v) is 9.63. The van der Waals surface area contributed by atoms with Crippen molar-refractivity contribution in [2.45, 2.75) is 26.7 Å². The van der Waals surface area contributed by atoms with Crippen LogP contribution >= 0.6 is 0 Å². The third-order valence-corrected chi connectivity index (χ3v) is 2.62. The fraction of sp³-hybridized carbons (Fsp3) is 0.727. The van der Waals surface area contributed by atoms with Crippen LogP contribution in [-0.4, -0.2) is 42.9 Å². The molecular formula is C11H20N2O. The predicted molar refractivity (Wildman–Crippen MR) is 57.9 cm³/mol. The Bertz CT molecular complexity index is 256. The smallest absolute Gasteiger partial charge is 0.240 e. The van der Waals surface area contributed by atoms with Gasteiger partial charge >= 0.3 is 0 Å². The molecule has 1 aliphatic heterocycles. The average Bonchev–Trinajstić information content (AvgIpc) is 2.45. The number of hydrogen-bond acceptors (Lipinski definition) is 2. The van der Waals surface area contributed by atoms with Gasteiger partial charge in [-0.2, -0.15) is 0 Å². The monoisotopic (exact) mass is 196 g/mol. The summed E-state index contributed by atoms with van der Waals surface area (Å²) in [5.41, 5.74) is 2.61. The Morgan fingerprint density at radius 2 is 2.14 bits per heavy atom. The molecule has 0 saturated carbocycles. The van der Waals surface area contributed by atoms with Gasteiger partial charge in [-0.05, 0) is 33.9 Å². The second-order valence-corrected chi connectivity index (χ2v) is 4.11. The van der Waals surface area contributed by atoms with Crippen LogP contribution in [0.15, 0.2) is 11.3 Å². The average molecular weight is 196 g/mol. The number of amides is 1. The minimum Gasteiger partial charge on any atom is -0.315 e. The largest absolute Gasteiger partial charge is 0.315 e. The van der Waals surface area contributed by atoms with Crippen molar-refractivity contribution >= 4 is 5.91 Å². The summed E-state index contributed by atoms with van der Waals surface area (Å²) in [4.78, 5) is 15.7. The number of hydrogen-bond donors (Lipinski definition) is 0. The van der Waals surface area contributed by atoms with Gasteiger partial charge in [-0.3, -0.25) is 4.79 Å². The lowest BCUT2D eigenvalue weighted by Crippen LogP contribution is -2.35. The van der Waals surface area contributed by atoms with Gasteiger partial charge in [0, 0.05) is 12.2 Å². The summed E-state index contributed by atoms with van der Waals surface area (Å²) in [5.74, 6) is 0.226. The third-order valence-electron chi connectivity index (χ3n) is 2.62. The summed E-state index contributed by atoms with van der Waals surface area (Å²) in [5, 5.41) is 0. The van der Waals surface area contributed by atoms with E-state index in [1.54, 1.807) is 0 Å². The molecule has 0 aliphatic carbocycles. The summed E-state index contributed by atoms with van der Waals surface area (Å²) in [6.07, 6.45) is 2.01. The lowest BCUT2D eigenvalue weighted by molar-refractivity contribution is -0.129. The highest BCUT2D eigenvalue weighted by Crippen LogP contribution is 2.24. The predicted octanol–water partition coefficient (Wildman–Crippen LogP) is 1.46. The van der Waals surface area contributed by atoms with E-state index < -0.39 is 0 Å². The number of rotatable bonds is 3. The summed E-state index contributed by atoms with van der Waals surface area (Å²) < 4.78 is 0. The van der Waals surface area contributed by atoms with Crippen molar-refractivity contribution in [2.24, 2.45) is 0 Å². The second-order valence-electron chi connectivity index (χ2n) is 4.11. The quantitative estimate of drug-likeness (QED) is 0.682. The van der Waals surface area contributed by atoms with E-state index in [4.69, 9.17) is 0 Å². The molecule has 0 spiro atoms. The van der Waals surface area contributed by atoms with Crippen molar-refractivity contribution in [1.29, 1.82) is 0 Å². The number of allylic oxidation sites excluding steroid dienone is 1. The Labute approximate surface area is 86.4 Å². The van der Waals surface area contributed by atoms with Crippen LogP contribution < -0.4 is 0 Å². The van der Waals surface area contributed by atoms with E-state index in [1.165, 1.54) is 11.3 Å². The number of likely N-dealkylation sites (N-methyl/N-ethyl adjacent to an activating group) is 1. The van der Waals surface area contributed by atoms with E-state index >= 15 is 0 Å². The molecule has 3 nitrogen and oxygen atoms in total. The van der Waals surface area contributed by atoms with E-state index in [2.05, 4.69) is 13.8 Å². The molecule has 1 rings (SSSR count).